The van der Waals surface area contributed by atoms with Crippen LogP contribution in [0.15, 0.2) is 47.4 Å². The molecule has 0 aliphatic carbocycles. The Labute approximate surface area is 146 Å². The molecule has 4 rings (SSSR count). The molecule has 2 aliphatic rings. The lowest BCUT2D eigenvalue weighted by molar-refractivity contribution is -0.130. The molecule has 24 heavy (non-hydrogen) atoms. The fourth-order valence-corrected chi connectivity index (χ4v) is 4.02. The maximum Gasteiger partial charge on any atom is 0.223 e. The maximum absolute atomic E-state index is 12.3. The second-order valence-corrected chi connectivity index (χ2v) is 7.02. The van der Waals surface area contributed by atoms with E-state index in [4.69, 9.17) is 0 Å². The highest BCUT2D eigenvalue weighted by atomic mass is 32.1. The lowest BCUT2D eigenvalue weighted by Gasteiger charge is -2.38. The number of anilines is 1. The van der Waals surface area contributed by atoms with E-state index in [-0.39, 0.29) is 23.7 Å². The molecule has 2 atom stereocenters. The zero-order chi connectivity index (χ0) is 16.7. The average Bonchev–Trinajstić information content (AvgIpc) is 3.00. The smallest absolute Gasteiger partial charge is 0.223 e. The van der Waals surface area contributed by atoms with Crippen molar-refractivity contribution in [2.75, 3.05) is 11.9 Å². The second-order valence-electron chi connectivity index (χ2n) is 6.51. The van der Waals surface area contributed by atoms with Gasteiger partial charge < -0.3 is 15.3 Å². The highest BCUT2D eigenvalue weighted by Gasteiger charge is 2.35. The van der Waals surface area contributed by atoms with E-state index >= 15 is 0 Å². The van der Waals surface area contributed by atoms with Crippen molar-refractivity contribution in [3.8, 4) is 5.75 Å². The van der Waals surface area contributed by atoms with Crippen LogP contribution in [-0.4, -0.2) is 22.5 Å². The van der Waals surface area contributed by atoms with Crippen molar-refractivity contribution in [3.63, 3.8) is 0 Å². The minimum Gasteiger partial charge on any atom is -0.508 e. The Morgan fingerprint density at radius 1 is 1.21 bits per heavy atom. The molecule has 2 aromatic carbocycles. The topological polar surface area (TPSA) is 52.6 Å². The van der Waals surface area contributed by atoms with E-state index in [1.165, 1.54) is 0 Å². The zero-order valence-electron chi connectivity index (χ0n) is 13.3. The number of likely N-dealkylation sites (tertiary alicyclic amines) is 1. The summed E-state index contributed by atoms with van der Waals surface area (Å²) in [4.78, 5) is 15.2. The molecule has 2 aromatic rings. The highest BCUT2D eigenvalue weighted by molar-refractivity contribution is 7.80. The highest BCUT2D eigenvalue weighted by Crippen LogP contribution is 2.44. The number of fused-ring (bicyclic) bond motifs is 1. The number of hydrogen-bond acceptors (Lipinski definition) is 4. The molecule has 1 amide bonds. The fraction of sp³-hybridized carbons (Fsp3) is 0.316. The first-order valence-electron chi connectivity index (χ1n) is 8.29. The third-order valence-electron chi connectivity index (χ3n) is 4.94. The van der Waals surface area contributed by atoms with Gasteiger partial charge in [-0.05, 0) is 54.3 Å². The summed E-state index contributed by atoms with van der Waals surface area (Å²) in [5.74, 6) is 0.492. The van der Waals surface area contributed by atoms with Crippen LogP contribution in [0.4, 0.5) is 5.69 Å². The van der Waals surface area contributed by atoms with Gasteiger partial charge in [0.15, 0.2) is 0 Å². The molecule has 0 unspecified atom stereocenters. The molecule has 0 spiro atoms. The Balaban J connectivity index is 1.74. The van der Waals surface area contributed by atoms with Crippen LogP contribution in [0.3, 0.4) is 0 Å². The number of phenols is 1. The first kappa shape index (κ1) is 15.4. The second kappa shape index (κ2) is 6.06. The van der Waals surface area contributed by atoms with E-state index in [1.54, 1.807) is 12.1 Å². The number of thiol groups is 1. The molecule has 2 aliphatic heterocycles. The Morgan fingerprint density at radius 2 is 2.08 bits per heavy atom. The minimum absolute atomic E-state index is 0.0516. The van der Waals surface area contributed by atoms with Crippen molar-refractivity contribution in [3.05, 3.63) is 53.6 Å². The molecule has 124 valence electrons. The molecular formula is C19H20N2O2S. The zero-order valence-corrected chi connectivity index (χ0v) is 14.2. The van der Waals surface area contributed by atoms with E-state index in [1.807, 2.05) is 29.2 Å². The van der Waals surface area contributed by atoms with E-state index in [9.17, 15) is 9.90 Å². The lowest BCUT2D eigenvalue weighted by Crippen LogP contribution is -2.35. The SMILES string of the molecule is O=C1CCCN1[C@H]1C[C@@H](c2cccc(O)c2)Nc2ccc(S)cc21. The number of nitrogens with zero attached hydrogens (tertiary/aromatic N) is 1. The Morgan fingerprint density at radius 3 is 2.83 bits per heavy atom. The summed E-state index contributed by atoms with van der Waals surface area (Å²) in [7, 11) is 0. The number of carbonyl (C=O) groups is 1. The molecule has 2 N–H and O–H groups in total. The first-order valence-corrected chi connectivity index (χ1v) is 8.74. The van der Waals surface area contributed by atoms with Crippen molar-refractivity contribution in [1.29, 1.82) is 0 Å². The van der Waals surface area contributed by atoms with Crippen LogP contribution in [0, 0.1) is 0 Å². The number of amides is 1. The van der Waals surface area contributed by atoms with Gasteiger partial charge in [0.1, 0.15) is 5.75 Å². The number of rotatable bonds is 2. The van der Waals surface area contributed by atoms with Crippen molar-refractivity contribution < 1.29 is 9.90 Å². The van der Waals surface area contributed by atoms with Crippen LogP contribution in [0.1, 0.15) is 42.5 Å². The van der Waals surface area contributed by atoms with Crippen LogP contribution in [0.25, 0.3) is 0 Å². The van der Waals surface area contributed by atoms with Crippen LogP contribution >= 0.6 is 12.6 Å². The van der Waals surface area contributed by atoms with Gasteiger partial charge in [0.25, 0.3) is 0 Å². The average molecular weight is 340 g/mol. The number of carbonyl (C=O) groups excluding carboxylic acids is 1. The van der Waals surface area contributed by atoms with Crippen molar-refractivity contribution in [2.45, 2.75) is 36.2 Å². The van der Waals surface area contributed by atoms with Crippen LogP contribution in [0.5, 0.6) is 5.75 Å². The van der Waals surface area contributed by atoms with Crippen molar-refractivity contribution in [1.82, 2.24) is 4.90 Å². The lowest BCUT2D eigenvalue weighted by atomic mass is 9.88. The van der Waals surface area contributed by atoms with Crippen LogP contribution in [-0.2, 0) is 4.79 Å². The Bertz CT molecular complexity index is 793. The summed E-state index contributed by atoms with van der Waals surface area (Å²) in [6, 6.07) is 13.5. The van der Waals surface area contributed by atoms with Crippen molar-refractivity contribution in [2.24, 2.45) is 0 Å². The summed E-state index contributed by atoms with van der Waals surface area (Å²) in [6.45, 7) is 0.812. The number of benzene rings is 2. The molecule has 0 bridgehead atoms. The third-order valence-corrected chi connectivity index (χ3v) is 5.22. The van der Waals surface area contributed by atoms with Gasteiger partial charge in [-0.3, -0.25) is 4.79 Å². The Hall–Kier alpha value is -2.14. The summed E-state index contributed by atoms with van der Waals surface area (Å²) in [5.41, 5.74) is 3.21. The summed E-state index contributed by atoms with van der Waals surface area (Å²) < 4.78 is 0. The predicted octanol–water partition coefficient (Wildman–Crippen LogP) is 3.90. The quantitative estimate of drug-likeness (QED) is 0.727. The Kier molecular flexibility index (Phi) is 3.88. The summed E-state index contributed by atoms with van der Waals surface area (Å²) in [5, 5.41) is 13.3. The number of aromatic hydroxyl groups is 1. The fourth-order valence-electron chi connectivity index (χ4n) is 3.81. The van der Waals surface area contributed by atoms with Gasteiger partial charge in [-0.1, -0.05) is 12.1 Å². The van der Waals surface area contributed by atoms with Gasteiger partial charge in [0, 0.05) is 23.5 Å². The van der Waals surface area contributed by atoms with Gasteiger partial charge in [0.2, 0.25) is 5.91 Å². The van der Waals surface area contributed by atoms with Gasteiger partial charge in [-0.2, -0.15) is 0 Å². The van der Waals surface area contributed by atoms with Crippen LogP contribution in [0.2, 0.25) is 0 Å². The standard InChI is InChI=1S/C19H20N2O2S/c22-13-4-1-3-12(9-13)17-11-18(21-8-2-5-19(21)23)15-10-14(24)6-7-16(15)20-17/h1,3-4,6-7,9-10,17-18,20,22,24H,2,5,8,11H2/t17-,18-/m0/s1. The largest absolute Gasteiger partial charge is 0.508 e. The predicted molar refractivity (Wildman–Crippen MR) is 96.5 cm³/mol. The normalized spacial score (nSPS) is 23.0. The van der Waals surface area contributed by atoms with Crippen molar-refractivity contribution >= 4 is 24.2 Å². The van der Waals surface area contributed by atoms with E-state index in [0.29, 0.717) is 6.42 Å². The minimum atomic E-state index is 0.0516. The monoisotopic (exact) mass is 340 g/mol. The van der Waals surface area contributed by atoms with E-state index < -0.39 is 0 Å². The maximum atomic E-state index is 12.3. The molecular weight excluding hydrogens is 320 g/mol. The van der Waals surface area contributed by atoms with Gasteiger partial charge in [-0.25, -0.2) is 0 Å². The molecule has 1 saturated heterocycles. The van der Waals surface area contributed by atoms with Gasteiger partial charge in [0.05, 0.1) is 12.1 Å². The first-order chi connectivity index (χ1) is 11.6. The van der Waals surface area contributed by atoms with Gasteiger partial charge in [-0.15, -0.1) is 12.6 Å². The van der Waals surface area contributed by atoms with Gasteiger partial charge >= 0.3 is 0 Å². The number of hydrogen-bond donors (Lipinski definition) is 3. The molecule has 0 saturated carbocycles. The molecule has 0 radical (unpaired) electrons. The van der Waals surface area contributed by atoms with E-state index in [0.717, 1.165) is 41.1 Å². The molecule has 1 fully saturated rings. The summed E-state index contributed by atoms with van der Waals surface area (Å²) >= 11 is 4.47. The molecule has 0 aromatic heterocycles. The van der Waals surface area contributed by atoms with E-state index in [2.05, 4.69) is 24.0 Å². The third kappa shape index (κ3) is 2.73. The molecule has 4 nitrogen and oxygen atoms in total. The molecule has 2 heterocycles. The number of nitrogens with one attached hydrogen (secondary N) is 1. The van der Waals surface area contributed by atoms with Crippen LogP contribution < -0.4 is 5.32 Å². The number of phenolic OH excluding ortho intramolecular Hbond substituents is 1. The summed E-state index contributed by atoms with van der Waals surface area (Å²) in [6.07, 6.45) is 2.35. The molecule has 5 heteroatoms.